The summed E-state index contributed by atoms with van der Waals surface area (Å²) in [5.74, 6) is 0.522. The number of hydrogen-bond acceptors (Lipinski definition) is 2. The second-order valence-corrected chi connectivity index (χ2v) is 17.4. The minimum atomic E-state index is -0.0155. The molecule has 0 radical (unpaired) electrons. The van der Waals surface area contributed by atoms with Crippen LogP contribution in [0.1, 0.15) is 6.42 Å². The van der Waals surface area contributed by atoms with Crippen LogP contribution >= 0.6 is 0 Å². The maximum atomic E-state index is 2.54. The third-order valence-corrected chi connectivity index (χ3v) is 13.7. The molecule has 4 nitrogen and oxygen atoms in total. The van der Waals surface area contributed by atoms with Gasteiger partial charge in [-0.15, -0.1) is 0 Å². The molecule has 13 rings (SSSR count). The Morgan fingerprint density at radius 1 is 0.369 bits per heavy atom. The van der Waals surface area contributed by atoms with Gasteiger partial charge in [0, 0.05) is 67.3 Å². The van der Waals surface area contributed by atoms with Crippen molar-refractivity contribution in [3.8, 4) is 22.5 Å². The van der Waals surface area contributed by atoms with Gasteiger partial charge in [-0.2, -0.15) is 0 Å². The molecule has 0 saturated heterocycles. The van der Waals surface area contributed by atoms with Crippen molar-refractivity contribution in [2.75, 3.05) is 9.80 Å². The monoisotopic (exact) mass is 832 g/mol. The molecule has 4 heteroatoms. The van der Waals surface area contributed by atoms with E-state index in [1.165, 1.54) is 66.1 Å². The second-order valence-electron chi connectivity index (χ2n) is 17.4. The summed E-state index contributed by atoms with van der Waals surface area (Å²) in [6.07, 6.45) is 10.3. The van der Waals surface area contributed by atoms with E-state index in [2.05, 4.69) is 268 Å². The Morgan fingerprint density at radius 2 is 0.785 bits per heavy atom. The quantitative estimate of drug-likeness (QED) is 0.144. The Kier molecular flexibility index (Phi) is 8.53. The molecule has 2 unspecified atom stereocenters. The first kappa shape index (κ1) is 37.2. The average Bonchev–Trinajstić information content (AvgIpc) is 3.90. The summed E-state index contributed by atoms with van der Waals surface area (Å²) in [7, 11) is 0. The van der Waals surface area contributed by atoms with Crippen molar-refractivity contribution in [1.82, 2.24) is 9.13 Å². The van der Waals surface area contributed by atoms with E-state index in [-0.39, 0.29) is 5.54 Å². The smallest absolute Gasteiger partial charge is 0.0706 e. The number of aromatic nitrogens is 2. The van der Waals surface area contributed by atoms with Gasteiger partial charge in [0.25, 0.3) is 0 Å². The van der Waals surface area contributed by atoms with Crippen LogP contribution in [-0.4, -0.2) is 14.7 Å². The molecular weight excluding hydrogens is 789 g/mol. The highest BCUT2D eigenvalue weighted by Gasteiger charge is 2.56. The standard InChI is InChI=1S/C61H44N4/c1-4-17-46(18-5-1)62(47-19-6-2-7-20-47)48-29-31-49(32-30-48)63-57-25-12-10-23-53(57)55-40-43(27-37-59(55)63)44-28-38-60-56(41-44)54-24-11-13-26-58(54)64(60)50-33-35-52(36-34-50)65(51-21-8-3-9-22-51)61-39-15-14-16-45(61)42-61/h1-41,45H,42H2. The third kappa shape index (κ3) is 6.06. The molecule has 65 heavy (non-hydrogen) atoms. The molecule has 0 amide bonds. The maximum Gasteiger partial charge on any atom is 0.0706 e. The predicted molar refractivity (Wildman–Crippen MR) is 273 cm³/mol. The molecule has 2 aliphatic rings. The molecule has 9 aromatic carbocycles. The Labute approximate surface area is 378 Å². The van der Waals surface area contributed by atoms with Gasteiger partial charge in [-0.1, -0.05) is 127 Å². The lowest BCUT2D eigenvalue weighted by Gasteiger charge is -2.34. The molecule has 1 fully saturated rings. The highest BCUT2D eigenvalue weighted by Crippen LogP contribution is 2.56. The lowest BCUT2D eigenvalue weighted by Crippen LogP contribution is -2.34. The largest absolute Gasteiger partial charge is 0.331 e. The van der Waals surface area contributed by atoms with Crippen LogP contribution in [0.4, 0.5) is 28.4 Å². The number of benzene rings is 9. The van der Waals surface area contributed by atoms with Crippen LogP contribution in [0.15, 0.2) is 249 Å². The van der Waals surface area contributed by atoms with Crippen molar-refractivity contribution in [3.05, 3.63) is 249 Å². The summed E-state index contributed by atoms with van der Waals surface area (Å²) < 4.78 is 4.83. The fourth-order valence-corrected chi connectivity index (χ4v) is 10.6. The molecule has 0 spiro atoms. The summed E-state index contributed by atoms with van der Waals surface area (Å²) >= 11 is 0. The fraction of sp³-hybridized carbons (Fsp3) is 0.0492. The number of nitrogens with zero attached hydrogens (tertiary/aromatic N) is 4. The Balaban J connectivity index is 0.872. The topological polar surface area (TPSA) is 16.3 Å². The zero-order chi connectivity index (χ0) is 42.9. The molecule has 2 aliphatic carbocycles. The van der Waals surface area contributed by atoms with E-state index in [1.807, 2.05) is 0 Å². The van der Waals surface area contributed by atoms with Crippen LogP contribution in [0.2, 0.25) is 0 Å². The van der Waals surface area contributed by atoms with E-state index >= 15 is 0 Å². The van der Waals surface area contributed by atoms with Crippen molar-refractivity contribution in [2.45, 2.75) is 12.0 Å². The van der Waals surface area contributed by atoms with Crippen molar-refractivity contribution >= 4 is 72.0 Å². The van der Waals surface area contributed by atoms with Gasteiger partial charge in [-0.05, 0) is 139 Å². The van der Waals surface area contributed by atoms with Gasteiger partial charge in [0.1, 0.15) is 0 Å². The van der Waals surface area contributed by atoms with E-state index in [9.17, 15) is 0 Å². The van der Waals surface area contributed by atoms with Crippen molar-refractivity contribution in [3.63, 3.8) is 0 Å². The van der Waals surface area contributed by atoms with Crippen LogP contribution in [-0.2, 0) is 0 Å². The number of rotatable bonds is 9. The molecule has 11 aromatic rings. The van der Waals surface area contributed by atoms with E-state index in [0.29, 0.717) is 5.92 Å². The lowest BCUT2D eigenvalue weighted by molar-refractivity contribution is 0.751. The van der Waals surface area contributed by atoms with Crippen molar-refractivity contribution in [1.29, 1.82) is 0 Å². The molecule has 2 heterocycles. The second kappa shape index (κ2) is 14.9. The normalized spacial score (nSPS) is 16.3. The minimum absolute atomic E-state index is 0.0155. The predicted octanol–water partition coefficient (Wildman–Crippen LogP) is 16.0. The molecular formula is C61H44N4. The first-order valence-corrected chi connectivity index (χ1v) is 22.6. The van der Waals surface area contributed by atoms with Gasteiger partial charge in [0.05, 0.1) is 27.6 Å². The molecule has 308 valence electrons. The van der Waals surface area contributed by atoms with E-state index in [1.54, 1.807) is 0 Å². The van der Waals surface area contributed by atoms with Crippen LogP contribution in [0.3, 0.4) is 0 Å². The van der Waals surface area contributed by atoms with Gasteiger partial charge in [-0.25, -0.2) is 0 Å². The molecule has 2 aromatic heterocycles. The number of para-hydroxylation sites is 5. The summed E-state index contributed by atoms with van der Waals surface area (Å²) in [4.78, 5) is 4.85. The summed E-state index contributed by atoms with van der Waals surface area (Å²) in [6.45, 7) is 0. The lowest BCUT2D eigenvalue weighted by atomic mass is 10.0. The van der Waals surface area contributed by atoms with Gasteiger partial charge in [0.15, 0.2) is 0 Å². The zero-order valence-corrected chi connectivity index (χ0v) is 35.7. The average molecular weight is 833 g/mol. The van der Waals surface area contributed by atoms with Gasteiger partial charge in [0.2, 0.25) is 0 Å². The SMILES string of the molecule is C1=CC2CC2(N(c2ccccc2)c2ccc(-n3c4ccccc4c4cc(-c5ccc6c(c5)c5ccccc5n6-c5ccc(N(c6ccccc6)c6ccccc6)cc5)ccc43)cc2)C=C1. The van der Waals surface area contributed by atoms with Gasteiger partial charge < -0.3 is 18.9 Å². The highest BCUT2D eigenvalue weighted by molar-refractivity contribution is 6.12. The Morgan fingerprint density at radius 3 is 1.29 bits per heavy atom. The molecule has 1 saturated carbocycles. The minimum Gasteiger partial charge on any atom is -0.331 e. The van der Waals surface area contributed by atoms with Gasteiger partial charge >= 0.3 is 0 Å². The first-order valence-electron chi connectivity index (χ1n) is 22.6. The number of fused-ring (bicyclic) bond motifs is 7. The van der Waals surface area contributed by atoms with Gasteiger partial charge in [-0.3, -0.25) is 0 Å². The zero-order valence-electron chi connectivity index (χ0n) is 35.7. The maximum absolute atomic E-state index is 2.54. The Bertz CT molecular complexity index is 3580. The number of anilines is 5. The summed E-state index contributed by atoms with van der Waals surface area (Å²) in [5, 5.41) is 4.97. The first-order chi connectivity index (χ1) is 32.2. The van der Waals surface area contributed by atoms with Crippen LogP contribution in [0.5, 0.6) is 0 Å². The van der Waals surface area contributed by atoms with Crippen molar-refractivity contribution < 1.29 is 0 Å². The van der Waals surface area contributed by atoms with E-state index in [0.717, 1.165) is 34.9 Å². The van der Waals surface area contributed by atoms with E-state index in [4.69, 9.17) is 0 Å². The molecule has 0 N–H and O–H groups in total. The van der Waals surface area contributed by atoms with Crippen LogP contribution in [0, 0.1) is 5.92 Å². The number of allylic oxidation sites excluding steroid dienone is 2. The molecule has 0 bridgehead atoms. The molecule has 0 aliphatic heterocycles. The van der Waals surface area contributed by atoms with E-state index < -0.39 is 0 Å². The Hall–Kier alpha value is -8.34. The highest BCUT2D eigenvalue weighted by atomic mass is 15.2. The molecule has 2 atom stereocenters. The van der Waals surface area contributed by atoms with Crippen LogP contribution < -0.4 is 9.80 Å². The van der Waals surface area contributed by atoms with Crippen molar-refractivity contribution in [2.24, 2.45) is 5.92 Å². The fourth-order valence-electron chi connectivity index (χ4n) is 10.6. The summed E-state index contributed by atoms with van der Waals surface area (Å²) in [5.41, 5.74) is 15.2. The summed E-state index contributed by atoms with van der Waals surface area (Å²) in [6, 6.07) is 81.7. The third-order valence-electron chi connectivity index (χ3n) is 13.7. The van der Waals surface area contributed by atoms with Crippen LogP contribution in [0.25, 0.3) is 66.1 Å². The number of hydrogen-bond donors (Lipinski definition) is 0.